The maximum atomic E-state index is 10.5. The van der Waals surface area contributed by atoms with Crippen LogP contribution in [-0.2, 0) is 4.43 Å². The topological polar surface area (TPSA) is 49.7 Å². The van der Waals surface area contributed by atoms with Crippen molar-refractivity contribution in [3.8, 4) is 0 Å². The zero-order valence-electron chi connectivity index (χ0n) is 21.6. The van der Waals surface area contributed by atoms with E-state index in [1.54, 1.807) is 6.92 Å². The number of aliphatic hydroxyl groups excluding tert-OH is 1. The second-order valence-corrected chi connectivity index (χ2v) is 17.5. The normalized spacial score (nSPS) is 34.3. The Balaban J connectivity index is 2.01. The third kappa shape index (κ3) is 5.53. The molecule has 4 heteroatoms. The van der Waals surface area contributed by atoms with Gasteiger partial charge in [-0.15, -0.1) is 0 Å². The maximum absolute atomic E-state index is 10.5. The van der Waals surface area contributed by atoms with Gasteiger partial charge in [0.1, 0.15) is 0 Å². The molecule has 2 rings (SSSR count). The molecule has 30 heavy (non-hydrogen) atoms. The summed E-state index contributed by atoms with van der Waals surface area (Å²) in [6.07, 6.45) is 9.80. The van der Waals surface area contributed by atoms with E-state index in [1.165, 1.54) is 32.1 Å². The van der Waals surface area contributed by atoms with Crippen LogP contribution >= 0.6 is 0 Å². The zero-order chi connectivity index (χ0) is 23.0. The summed E-state index contributed by atoms with van der Waals surface area (Å²) in [6.45, 7) is 20.6. The van der Waals surface area contributed by atoms with E-state index >= 15 is 0 Å². The van der Waals surface area contributed by atoms with Crippen LogP contribution in [0.1, 0.15) is 106 Å². The fourth-order valence-corrected chi connectivity index (χ4v) is 7.77. The van der Waals surface area contributed by atoms with E-state index in [4.69, 9.17) is 4.43 Å². The predicted molar refractivity (Wildman–Crippen MR) is 130 cm³/mol. The summed E-state index contributed by atoms with van der Waals surface area (Å²) in [5, 5.41) is 20.9. The first kappa shape index (κ1) is 26.4. The molecular formula is C26H52O3Si. The van der Waals surface area contributed by atoms with Crippen molar-refractivity contribution >= 4 is 8.32 Å². The van der Waals surface area contributed by atoms with Gasteiger partial charge in [-0.1, -0.05) is 60.8 Å². The van der Waals surface area contributed by atoms with Crippen LogP contribution in [0.4, 0.5) is 0 Å². The fraction of sp³-hybridized carbons (Fsp3) is 1.00. The monoisotopic (exact) mass is 440 g/mol. The van der Waals surface area contributed by atoms with Gasteiger partial charge in [-0.25, -0.2) is 0 Å². The van der Waals surface area contributed by atoms with Crippen molar-refractivity contribution in [3.05, 3.63) is 0 Å². The van der Waals surface area contributed by atoms with Gasteiger partial charge in [0.25, 0.3) is 0 Å². The predicted octanol–water partition coefficient (Wildman–Crippen LogP) is 6.92. The summed E-state index contributed by atoms with van der Waals surface area (Å²) in [5.41, 5.74) is -0.556. The lowest BCUT2D eigenvalue weighted by atomic mass is 9.61. The lowest BCUT2D eigenvalue weighted by Crippen LogP contribution is -2.50. The number of rotatable bonds is 9. The fourth-order valence-electron chi connectivity index (χ4n) is 6.38. The lowest BCUT2D eigenvalue weighted by Gasteiger charge is -2.50. The Morgan fingerprint density at radius 2 is 1.77 bits per heavy atom. The largest absolute Gasteiger partial charge is 0.414 e. The molecule has 3 nitrogen and oxygen atoms in total. The average Bonchev–Trinajstić information content (AvgIpc) is 2.97. The highest BCUT2D eigenvalue weighted by Gasteiger charge is 2.54. The maximum Gasteiger partial charge on any atom is 0.192 e. The van der Waals surface area contributed by atoms with Crippen molar-refractivity contribution in [1.82, 2.24) is 0 Å². The number of aliphatic hydroxyl groups is 2. The van der Waals surface area contributed by atoms with Gasteiger partial charge >= 0.3 is 0 Å². The molecule has 0 aliphatic heterocycles. The van der Waals surface area contributed by atoms with Crippen LogP contribution in [-0.4, -0.2) is 36.3 Å². The number of fused-ring (bicyclic) bond motifs is 1. The van der Waals surface area contributed by atoms with E-state index in [0.717, 1.165) is 18.8 Å². The highest BCUT2D eigenvalue weighted by atomic mass is 28.4. The van der Waals surface area contributed by atoms with Gasteiger partial charge < -0.3 is 14.6 Å². The molecule has 0 radical (unpaired) electrons. The molecular weight excluding hydrogens is 388 g/mol. The number of hydrogen-bond donors (Lipinski definition) is 2. The van der Waals surface area contributed by atoms with Crippen LogP contribution < -0.4 is 0 Å². The van der Waals surface area contributed by atoms with Crippen molar-refractivity contribution in [1.29, 1.82) is 0 Å². The van der Waals surface area contributed by atoms with Crippen LogP contribution in [0.15, 0.2) is 0 Å². The summed E-state index contributed by atoms with van der Waals surface area (Å²) < 4.78 is 6.99. The molecule has 2 N–H and O–H groups in total. The second-order valence-electron chi connectivity index (χ2n) is 12.8. The van der Waals surface area contributed by atoms with E-state index in [9.17, 15) is 10.2 Å². The molecule has 2 aliphatic carbocycles. The Morgan fingerprint density at radius 1 is 1.13 bits per heavy atom. The molecule has 2 fully saturated rings. The Kier molecular flexibility index (Phi) is 8.37. The third-order valence-corrected chi connectivity index (χ3v) is 14.0. The average molecular weight is 441 g/mol. The Morgan fingerprint density at radius 3 is 2.33 bits per heavy atom. The van der Waals surface area contributed by atoms with Gasteiger partial charge in [-0.2, -0.15) is 0 Å². The van der Waals surface area contributed by atoms with E-state index < -0.39 is 20.0 Å². The molecule has 0 spiro atoms. The van der Waals surface area contributed by atoms with Crippen LogP contribution in [0.5, 0.6) is 0 Å². The van der Waals surface area contributed by atoms with E-state index in [0.29, 0.717) is 36.2 Å². The first-order valence-corrected chi connectivity index (χ1v) is 15.6. The van der Waals surface area contributed by atoms with Crippen LogP contribution in [0.25, 0.3) is 0 Å². The van der Waals surface area contributed by atoms with Gasteiger partial charge in [-0.3, -0.25) is 0 Å². The molecule has 0 heterocycles. The molecule has 0 aromatic heterocycles. The lowest BCUT2D eigenvalue weighted by molar-refractivity contribution is -0.0705. The summed E-state index contributed by atoms with van der Waals surface area (Å²) in [5.74, 6) is 2.13. The molecule has 0 aromatic carbocycles. The van der Waals surface area contributed by atoms with Gasteiger partial charge in [-0.05, 0) is 86.7 Å². The minimum absolute atomic E-state index is 0.270. The second kappa shape index (κ2) is 9.53. The molecule has 0 aromatic rings. The van der Waals surface area contributed by atoms with Gasteiger partial charge in [0.2, 0.25) is 0 Å². The molecule has 2 aliphatic rings. The first-order valence-electron chi connectivity index (χ1n) is 12.7. The van der Waals surface area contributed by atoms with E-state index in [2.05, 4.69) is 47.7 Å². The molecule has 7 atom stereocenters. The minimum atomic E-state index is -1.74. The Labute approximate surface area is 188 Å². The molecule has 0 bridgehead atoms. The van der Waals surface area contributed by atoms with Crippen LogP contribution in [0.3, 0.4) is 0 Å². The molecule has 178 valence electrons. The van der Waals surface area contributed by atoms with E-state index in [-0.39, 0.29) is 5.04 Å². The first-order chi connectivity index (χ1) is 13.7. The summed E-state index contributed by atoms with van der Waals surface area (Å²) >= 11 is 0. The van der Waals surface area contributed by atoms with Gasteiger partial charge in [0.15, 0.2) is 8.32 Å². The summed E-state index contributed by atoms with van der Waals surface area (Å²) in [7, 11) is -1.74. The quantitative estimate of drug-likeness (QED) is 0.382. The molecule has 0 unspecified atom stereocenters. The smallest absolute Gasteiger partial charge is 0.192 e. The Hall–Kier alpha value is 0.0969. The summed E-state index contributed by atoms with van der Waals surface area (Å²) in [6, 6.07) is 0. The minimum Gasteiger partial charge on any atom is -0.414 e. The van der Waals surface area contributed by atoms with Crippen molar-refractivity contribution < 1.29 is 14.6 Å². The molecule has 0 amide bonds. The molecule has 2 saturated carbocycles. The van der Waals surface area contributed by atoms with Crippen LogP contribution in [0.2, 0.25) is 18.1 Å². The van der Waals surface area contributed by atoms with E-state index in [1.807, 2.05) is 6.92 Å². The molecule has 0 saturated heterocycles. The van der Waals surface area contributed by atoms with Crippen molar-refractivity contribution in [2.24, 2.45) is 23.2 Å². The van der Waals surface area contributed by atoms with Gasteiger partial charge in [0.05, 0.1) is 11.7 Å². The highest BCUT2D eigenvalue weighted by Crippen LogP contribution is 2.59. The summed E-state index contributed by atoms with van der Waals surface area (Å²) in [4.78, 5) is 0. The van der Waals surface area contributed by atoms with Crippen molar-refractivity contribution in [3.63, 3.8) is 0 Å². The van der Waals surface area contributed by atoms with Crippen molar-refractivity contribution in [2.45, 2.75) is 142 Å². The highest BCUT2D eigenvalue weighted by molar-refractivity contribution is 6.74. The van der Waals surface area contributed by atoms with Crippen LogP contribution in [0, 0.1) is 23.2 Å². The Bertz CT molecular complexity index is 553. The van der Waals surface area contributed by atoms with Crippen molar-refractivity contribution in [2.75, 3.05) is 0 Å². The van der Waals surface area contributed by atoms with Gasteiger partial charge in [0, 0.05) is 6.10 Å². The zero-order valence-corrected chi connectivity index (χ0v) is 22.6. The third-order valence-electron chi connectivity index (χ3n) is 9.52. The number of hydrogen-bond acceptors (Lipinski definition) is 3. The SMILES string of the molecule is CC[C@H](O)[C@](C)(O)CCC[C@@H](C)[C@H]1CC[C@H]2[C@@H](O[Si](C)(C)C(C)(C)C)CCC[C@]12C. The standard InChI is InChI=1S/C26H52O3Si/c1-10-23(27)26(7,28)18-11-13-19(2)20-15-16-21-22(14-12-17-25(20,21)6)29-30(8,9)24(3,4)5/h19-23,27-28H,10-18H2,1-9H3/t19-,20-,21+,22+,23+,25-,26-/m1/s1.